The Hall–Kier alpha value is -1.42. The molecule has 3 nitrogen and oxygen atoms in total. The van der Waals surface area contributed by atoms with E-state index < -0.39 is 6.17 Å². The van der Waals surface area contributed by atoms with Gasteiger partial charge in [-0.05, 0) is 30.7 Å². The highest BCUT2D eigenvalue weighted by molar-refractivity contribution is 5.93. The Morgan fingerprint density at radius 1 is 1.33 bits per heavy atom. The van der Waals surface area contributed by atoms with E-state index in [1.807, 2.05) is 12.1 Å². The summed E-state index contributed by atoms with van der Waals surface area (Å²) in [4.78, 5) is 13.3. The highest BCUT2D eigenvalue weighted by atomic mass is 19.1. The van der Waals surface area contributed by atoms with Gasteiger partial charge in [0.05, 0.1) is 0 Å². The van der Waals surface area contributed by atoms with Crippen LogP contribution in [0.4, 0.5) is 4.39 Å². The molecule has 0 aliphatic carbocycles. The van der Waals surface area contributed by atoms with Crippen molar-refractivity contribution in [3.05, 3.63) is 35.4 Å². The zero-order chi connectivity index (χ0) is 13.1. The fraction of sp³-hybridized carbons (Fsp3) is 0.500. The lowest BCUT2D eigenvalue weighted by atomic mass is 9.88. The first-order valence-corrected chi connectivity index (χ1v) is 6.26. The number of piperidine rings is 1. The second kappa shape index (κ2) is 5.48. The molecule has 98 valence electrons. The number of benzene rings is 1. The van der Waals surface area contributed by atoms with Crippen LogP contribution >= 0.6 is 0 Å². The van der Waals surface area contributed by atoms with Gasteiger partial charge < -0.3 is 10.2 Å². The topological polar surface area (TPSA) is 32.3 Å². The van der Waals surface area contributed by atoms with Crippen molar-refractivity contribution in [3.8, 4) is 0 Å². The van der Waals surface area contributed by atoms with E-state index in [0.717, 1.165) is 18.5 Å². The van der Waals surface area contributed by atoms with E-state index >= 15 is 0 Å². The molecule has 1 fully saturated rings. The summed E-state index contributed by atoms with van der Waals surface area (Å²) in [6.45, 7) is 1.27. The molecule has 1 heterocycles. The van der Waals surface area contributed by atoms with Gasteiger partial charge >= 0.3 is 0 Å². The molecule has 18 heavy (non-hydrogen) atoms. The Balaban J connectivity index is 2.14. The second-order valence-corrected chi connectivity index (χ2v) is 4.94. The maximum absolute atomic E-state index is 13.8. The van der Waals surface area contributed by atoms with Crippen molar-refractivity contribution in [1.82, 2.24) is 10.2 Å². The van der Waals surface area contributed by atoms with Gasteiger partial charge in [0.1, 0.15) is 6.17 Å². The van der Waals surface area contributed by atoms with E-state index in [9.17, 15) is 9.18 Å². The predicted octanol–water partition coefficient (Wildman–Crippen LogP) is 1.80. The molecule has 4 heteroatoms. The molecule has 1 unspecified atom stereocenters. The van der Waals surface area contributed by atoms with Crippen LogP contribution in [0.5, 0.6) is 0 Å². The maximum Gasteiger partial charge on any atom is 0.253 e. The van der Waals surface area contributed by atoms with Gasteiger partial charge in [0.15, 0.2) is 0 Å². The molecule has 0 aromatic heterocycles. The third-order valence-corrected chi connectivity index (χ3v) is 3.40. The third kappa shape index (κ3) is 2.70. The predicted molar refractivity (Wildman–Crippen MR) is 69.6 cm³/mol. The molecule has 0 radical (unpaired) electrons. The average Bonchev–Trinajstić information content (AvgIpc) is 2.38. The van der Waals surface area contributed by atoms with Crippen LogP contribution in [-0.2, 0) is 0 Å². The number of carbonyl (C=O) groups excluding carboxylic acids is 1. The molecule has 0 saturated carbocycles. The maximum atomic E-state index is 13.8. The van der Waals surface area contributed by atoms with Crippen molar-refractivity contribution in [2.45, 2.75) is 18.5 Å². The number of halogens is 1. The average molecular weight is 250 g/mol. The molecule has 1 aromatic carbocycles. The lowest BCUT2D eigenvalue weighted by molar-refractivity contribution is 0.0827. The number of hydrogen-bond donors (Lipinski definition) is 1. The summed E-state index contributed by atoms with van der Waals surface area (Å²) in [6.07, 6.45) is -0.0311. The minimum atomic E-state index is -0.839. The van der Waals surface area contributed by atoms with Gasteiger partial charge in [-0.25, -0.2) is 4.39 Å². The summed E-state index contributed by atoms with van der Waals surface area (Å²) in [5.41, 5.74) is 1.63. The fourth-order valence-electron chi connectivity index (χ4n) is 2.33. The Bertz CT molecular complexity index is 416. The van der Waals surface area contributed by atoms with Crippen molar-refractivity contribution in [3.63, 3.8) is 0 Å². The van der Waals surface area contributed by atoms with Crippen LogP contribution in [0.1, 0.15) is 28.3 Å². The quantitative estimate of drug-likeness (QED) is 0.868. The number of carbonyl (C=O) groups is 1. The smallest absolute Gasteiger partial charge is 0.253 e. The number of nitrogens with zero attached hydrogens (tertiary/aromatic N) is 1. The van der Waals surface area contributed by atoms with Crippen LogP contribution in [0, 0.1) is 0 Å². The van der Waals surface area contributed by atoms with Gasteiger partial charge in [0.25, 0.3) is 5.91 Å². The van der Waals surface area contributed by atoms with Gasteiger partial charge in [-0.3, -0.25) is 4.79 Å². The first-order chi connectivity index (χ1) is 8.59. The lowest BCUT2D eigenvalue weighted by Crippen LogP contribution is -2.36. The number of alkyl halides is 1. The molecule has 1 saturated heterocycles. The molecule has 2 atom stereocenters. The van der Waals surface area contributed by atoms with Crippen molar-refractivity contribution >= 4 is 5.91 Å². The Morgan fingerprint density at radius 2 is 2.00 bits per heavy atom. The Kier molecular flexibility index (Phi) is 3.97. The van der Waals surface area contributed by atoms with Crippen molar-refractivity contribution < 1.29 is 9.18 Å². The van der Waals surface area contributed by atoms with Crippen molar-refractivity contribution in [2.75, 3.05) is 27.2 Å². The number of nitrogens with one attached hydrogen (secondary N) is 1. The molecule has 1 amide bonds. The lowest BCUT2D eigenvalue weighted by Gasteiger charge is -2.27. The van der Waals surface area contributed by atoms with E-state index in [1.54, 1.807) is 26.2 Å². The largest absolute Gasteiger partial charge is 0.345 e. The summed E-state index contributed by atoms with van der Waals surface area (Å²) in [5.74, 6) is -0.0709. The van der Waals surface area contributed by atoms with Gasteiger partial charge in [0, 0.05) is 32.1 Å². The highest BCUT2D eigenvalue weighted by Crippen LogP contribution is 2.27. The molecule has 1 aromatic rings. The number of amides is 1. The summed E-state index contributed by atoms with van der Waals surface area (Å²) in [5, 5.41) is 3.04. The van der Waals surface area contributed by atoms with E-state index in [0.29, 0.717) is 12.1 Å². The van der Waals surface area contributed by atoms with Crippen molar-refractivity contribution in [1.29, 1.82) is 0 Å². The monoisotopic (exact) mass is 250 g/mol. The van der Waals surface area contributed by atoms with Crippen LogP contribution in [0.2, 0.25) is 0 Å². The van der Waals surface area contributed by atoms with Crippen LogP contribution < -0.4 is 5.32 Å². The van der Waals surface area contributed by atoms with E-state index in [1.165, 1.54) is 4.90 Å². The molecular formula is C14H19FN2O. The molecule has 0 bridgehead atoms. The minimum Gasteiger partial charge on any atom is -0.345 e. The van der Waals surface area contributed by atoms with Gasteiger partial charge in [-0.1, -0.05) is 12.1 Å². The molecule has 1 aliphatic rings. The first-order valence-electron chi connectivity index (χ1n) is 6.26. The highest BCUT2D eigenvalue weighted by Gasteiger charge is 2.25. The van der Waals surface area contributed by atoms with Crippen LogP contribution in [0.3, 0.4) is 0 Å². The number of hydrogen-bond acceptors (Lipinski definition) is 2. The summed E-state index contributed by atoms with van der Waals surface area (Å²) >= 11 is 0. The standard InChI is InChI=1S/C14H19FN2O/c1-17(2)14(18)11-5-3-10(4-6-11)12-7-8-16-9-13(12)15/h3-6,12-13,16H,7-9H2,1-2H3/t12-,13?/m1/s1. The summed E-state index contributed by atoms with van der Waals surface area (Å²) < 4.78 is 13.8. The molecule has 1 N–H and O–H groups in total. The first kappa shape index (κ1) is 13.0. The van der Waals surface area contributed by atoms with E-state index in [2.05, 4.69) is 5.32 Å². The third-order valence-electron chi connectivity index (χ3n) is 3.40. The summed E-state index contributed by atoms with van der Waals surface area (Å²) in [7, 11) is 3.45. The van der Waals surface area contributed by atoms with Crippen LogP contribution in [-0.4, -0.2) is 44.2 Å². The summed E-state index contributed by atoms with van der Waals surface area (Å²) in [6, 6.07) is 7.32. The van der Waals surface area contributed by atoms with Gasteiger partial charge in [-0.2, -0.15) is 0 Å². The normalized spacial score (nSPS) is 23.7. The molecule has 2 rings (SSSR count). The van der Waals surface area contributed by atoms with Crippen molar-refractivity contribution in [2.24, 2.45) is 0 Å². The molecule has 1 aliphatic heterocycles. The molecule has 0 spiro atoms. The fourth-order valence-corrected chi connectivity index (χ4v) is 2.33. The number of rotatable bonds is 2. The second-order valence-electron chi connectivity index (χ2n) is 4.94. The zero-order valence-corrected chi connectivity index (χ0v) is 10.8. The van der Waals surface area contributed by atoms with Crippen LogP contribution in [0.25, 0.3) is 0 Å². The zero-order valence-electron chi connectivity index (χ0n) is 10.8. The van der Waals surface area contributed by atoms with Crippen LogP contribution in [0.15, 0.2) is 24.3 Å². The minimum absolute atomic E-state index is 0.0244. The van der Waals surface area contributed by atoms with E-state index in [4.69, 9.17) is 0 Å². The SMILES string of the molecule is CN(C)C(=O)c1ccc([C@H]2CCNCC2F)cc1. The van der Waals surface area contributed by atoms with Gasteiger partial charge in [0.2, 0.25) is 0 Å². The Labute approximate surface area is 107 Å². The molecular weight excluding hydrogens is 231 g/mol. The van der Waals surface area contributed by atoms with E-state index in [-0.39, 0.29) is 11.8 Å². The Morgan fingerprint density at radius 3 is 2.56 bits per heavy atom. The van der Waals surface area contributed by atoms with Gasteiger partial charge in [-0.15, -0.1) is 0 Å².